The van der Waals surface area contributed by atoms with Crippen molar-refractivity contribution in [2.75, 3.05) is 18.2 Å². The quantitative estimate of drug-likeness (QED) is 0.508. The van der Waals surface area contributed by atoms with Crippen LogP contribution < -0.4 is 15.5 Å². The Kier molecular flexibility index (Phi) is 7.95. The molecule has 0 fully saturated rings. The lowest BCUT2D eigenvalue weighted by atomic mass is 10.2. The van der Waals surface area contributed by atoms with E-state index in [1.54, 1.807) is 0 Å². The number of amides is 1. The second-order valence-electron chi connectivity index (χ2n) is 5.86. The molecule has 0 heterocycles. The van der Waals surface area contributed by atoms with Gasteiger partial charge in [-0.2, -0.15) is 13.2 Å². The van der Waals surface area contributed by atoms with E-state index in [1.807, 2.05) is 0 Å². The SMILES string of the molecule is NC/C(=C\F)COc1ccc(C(=O)N(OC(=O)C(F)(F)F)c2ccc(F)cc2)cc1Cl. The summed E-state index contributed by atoms with van der Waals surface area (Å²) in [7, 11) is 0. The predicted octanol–water partition coefficient (Wildman–Crippen LogP) is 4.34. The van der Waals surface area contributed by atoms with Gasteiger partial charge in [0, 0.05) is 17.7 Å². The van der Waals surface area contributed by atoms with Gasteiger partial charge >= 0.3 is 12.1 Å². The maximum atomic E-state index is 13.1. The lowest BCUT2D eigenvalue weighted by molar-refractivity contribution is -0.199. The van der Waals surface area contributed by atoms with Crippen LogP contribution in [0.15, 0.2) is 54.4 Å². The molecule has 0 aliphatic rings. The summed E-state index contributed by atoms with van der Waals surface area (Å²) < 4.78 is 68.8. The van der Waals surface area contributed by atoms with Crippen molar-refractivity contribution < 1.29 is 41.1 Å². The number of halogens is 6. The highest BCUT2D eigenvalue weighted by Gasteiger charge is 2.44. The molecular formula is C19H14ClF5N2O4. The van der Waals surface area contributed by atoms with Crippen molar-refractivity contribution in [1.29, 1.82) is 0 Å². The summed E-state index contributed by atoms with van der Waals surface area (Å²) in [6.45, 7) is -0.340. The van der Waals surface area contributed by atoms with E-state index in [0.717, 1.165) is 36.4 Å². The molecule has 2 aromatic rings. The van der Waals surface area contributed by atoms with Crippen molar-refractivity contribution in [1.82, 2.24) is 0 Å². The Hall–Kier alpha value is -3.18. The monoisotopic (exact) mass is 464 g/mol. The van der Waals surface area contributed by atoms with Gasteiger partial charge in [0.15, 0.2) is 0 Å². The molecular weight excluding hydrogens is 451 g/mol. The van der Waals surface area contributed by atoms with Gasteiger partial charge in [0.1, 0.15) is 18.2 Å². The van der Waals surface area contributed by atoms with Crippen LogP contribution in [-0.2, 0) is 9.63 Å². The summed E-state index contributed by atoms with van der Waals surface area (Å²) >= 11 is 6.02. The molecule has 0 atom stereocenters. The van der Waals surface area contributed by atoms with Crippen molar-refractivity contribution >= 4 is 29.2 Å². The number of ether oxygens (including phenoxy) is 1. The molecule has 2 aromatic carbocycles. The molecule has 2 N–H and O–H groups in total. The largest absolute Gasteiger partial charge is 0.493 e. The fraction of sp³-hybridized carbons (Fsp3) is 0.158. The Morgan fingerprint density at radius 3 is 2.29 bits per heavy atom. The van der Waals surface area contributed by atoms with Crippen LogP contribution in [0.4, 0.5) is 27.6 Å². The summed E-state index contributed by atoms with van der Waals surface area (Å²) in [5.41, 5.74) is 4.80. The highest BCUT2D eigenvalue weighted by Crippen LogP contribution is 2.28. The molecule has 0 radical (unpaired) electrons. The van der Waals surface area contributed by atoms with Crippen LogP contribution in [0, 0.1) is 5.82 Å². The van der Waals surface area contributed by atoms with Crippen molar-refractivity contribution in [2.45, 2.75) is 6.18 Å². The maximum absolute atomic E-state index is 13.1. The molecule has 0 saturated carbocycles. The number of nitrogens with two attached hydrogens (primary N) is 1. The summed E-state index contributed by atoms with van der Waals surface area (Å²) in [6.07, 6.45) is -5.13. The molecule has 0 spiro atoms. The molecule has 31 heavy (non-hydrogen) atoms. The average Bonchev–Trinajstić information content (AvgIpc) is 2.73. The first-order valence-corrected chi connectivity index (χ1v) is 8.74. The molecule has 0 bridgehead atoms. The van der Waals surface area contributed by atoms with Gasteiger partial charge < -0.3 is 15.3 Å². The number of carbonyl (C=O) groups excluding carboxylic acids is 2. The van der Waals surface area contributed by atoms with Gasteiger partial charge in [-0.05, 0) is 42.5 Å². The number of nitrogens with zero attached hydrogens (tertiary/aromatic N) is 1. The van der Waals surface area contributed by atoms with Gasteiger partial charge in [-0.3, -0.25) is 4.79 Å². The van der Waals surface area contributed by atoms with E-state index in [9.17, 15) is 31.5 Å². The number of carbonyl (C=O) groups is 2. The molecule has 1 amide bonds. The van der Waals surface area contributed by atoms with E-state index < -0.39 is 23.9 Å². The number of benzene rings is 2. The molecule has 0 aliphatic heterocycles. The van der Waals surface area contributed by atoms with Gasteiger partial charge in [-0.15, -0.1) is 5.06 Å². The highest BCUT2D eigenvalue weighted by atomic mass is 35.5. The topological polar surface area (TPSA) is 81.9 Å². The van der Waals surface area contributed by atoms with Crippen LogP contribution in [0.2, 0.25) is 5.02 Å². The minimum absolute atomic E-state index is 0.0339. The zero-order valence-electron chi connectivity index (χ0n) is 15.5. The number of hydroxylamine groups is 1. The normalized spacial score (nSPS) is 11.8. The number of rotatable bonds is 6. The van der Waals surface area contributed by atoms with E-state index in [1.165, 1.54) is 6.07 Å². The zero-order valence-corrected chi connectivity index (χ0v) is 16.2. The number of alkyl halides is 3. The number of hydrogen-bond donors (Lipinski definition) is 1. The second kappa shape index (κ2) is 10.2. The van der Waals surface area contributed by atoms with Crippen molar-refractivity contribution in [2.24, 2.45) is 5.73 Å². The first-order valence-electron chi connectivity index (χ1n) is 8.36. The summed E-state index contributed by atoms with van der Waals surface area (Å²) in [6, 6.07) is 6.96. The Balaban J connectivity index is 2.32. The number of anilines is 1. The molecule has 0 saturated heterocycles. The van der Waals surface area contributed by atoms with Crippen LogP contribution in [0.1, 0.15) is 10.4 Å². The van der Waals surface area contributed by atoms with Gasteiger partial charge in [-0.1, -0.05) is 11.6 Å². The van der Waals surface area contributed by atoms with E-state index in [4.69, 9.17) is 22.1 Å². The molecule has 166 valence electrons. The molecule has 2 rings (SSSR count). The minimum Gasteiger partial charge on any atom is -0.488 e. The van der Waals surface area contributed by atoms with Crippen molar-refractivity contribution in [3.63, 3.8) is 0 Å². The summed E-state index contributed by atoms with van der Waals surface area (Å²) in [4.78, 5) is 28.2. The molecule has 0 unspecified atom stereocenters. The zero-order chi connectivity index (χ0) is 23.2. The predicted molar refractivity (Wildman–Crippen MR) is 101 cm³/mol. The molecule has 0 aliphatic carbocycles. The third kappa shape index (κ3) is 6.40. The van der Waals surface area contributed by atoms with Crippen LogP contribution >= 0.6 is 11.6 Å². The van der Waals surface area contributed by atoms with Gasteiger partial charge in [-0.25, -0.2) is 13.6 Å². The van der Waals surface area contributed by atoms with Crippen LogP contribution in [-0.4, -0.2) is 31.2 Å². The van der Waals surface area contributed by atoms with Crippen LogP contribution in [0.5, 0.6) is 5.75 Å². The van der Waals surface area contributed by atoms with Gasteiger partial charge in [0.25, 0.3) is 5.91 Å². The number of hydrogen-bond acceptors (Lipinski definition) is 5. The van der Waals surface area contributed by atoms with Gasteiger partial charge in [0.2, 0.25) is 0 Å². The Morgan fingerprint density at radius 1 is 1.13 bits per heavy atom. The minimum atomic E-state index is -5.39. The van der Waals surface area contributed by atoms with E-state index in [0.29, 0.717) is 0 Å². The standard InChI is InChI=1S/C19H14ClF5N2O4/c20-15-7-12(1-6-16(15)30-10-11(8-21)9-26)17(28)27(31-18(29)19(23,24)25)14-4-2-13(22)3-5-14/h1-8H,9-10,26H2/b11-8+. The second-order valence-corrected chi connectivity index (χ2v) is 6.27. The lowest BCUT2D eigenvalue weighted by Crippen LogP contribution is -2.38. The summed E-state index contributed by atoms with van der Waals surface area (Å²) in [5.74, 6) is -4.57. The fourth-order valence-corrected chi connectivity index (χ4v) is 2.33. The van der Waals surface area contributed by atoms with E-state index in [2.05, 4.69) is 4.84 Å². The first-order chi connectivity index (χ1) is 14.6. The van der Waals surface area contributed by atoms with E-state index in [-0.39, 0.29) is 52.1 Å². The van der Waals surface area contributed by atoms with Gasteiger partial charge in [0.05, 0.1) is 17.0 Å². The molecule has 6 nitrogen and oxygen atoms in total. The molecule has 0 aromatic heterocycles. The third-order valence-corrected chi connectivity index (χ3v) is 3.96. The summed E-state index contributed by atoms with van der Waals surface area (Å²) in [5, 5.41) is -0.0814. The fourth-order valence-electron chi connectivity index (χ4n) is 2.10. The lowest BCUT2D eigenvalue weighted by Gasteiger charge is -2.22. The molecule has 12 heteroatoms. The van der Waals surface area contributed by atoms with Crippen molar-refractivity contribution in [3.8, 4) is 5.75 Å². The maximum Gasteiger partial charge on any atom is 0.493 e. The average molecular weight is 465 g/mol. The van der Waals surface area contributed by atoms with E-state index >= 15 is 0 Å². The van der Waals surface area contributed by atoms with Crippen LogP contribution in [0.3, 0.4) is 0 Å². The smallest absolute Gasteiger partial charge is 0.488 e. The highest BCUT2D eigenvalue weighted by molar-refractivity contribution is 6.32. The third-order valence-electron chi connectivity index (χ3n) is 3.66. The van der Waals surface area contributed by atoms with Crippen molar-refractivity contribution in [3.05, 3.63) is 70.8 Å². The Morgan fingerprint density at radius 2 is 1.77 bits per heavy atom. The Bertz CT molecular complexity index is 980. The Labute approximate surface area is 177 Å². The van der Waals surface area contributed by atoms with Crippen LogP contribution in [0.25, 0.3) is 0 Å². The first kappa shape index (κ1) is 24.1.